The number of amides is 1. The molecule has 0 spiro atoms. The minimum absolute atomic E-state index is 0.156. The van der Waals surface area contributed by atoms with E-state index in [9.17, 15) is 9.59 Å². The molecule has 0 saturated carbocycles. The third-order valence-corrected chi connectivity index (χ3v) is 3.54. The normalized spacial score (nSPS) is 13.1. The summed E-state index contributed by atoms with van der Waals surface area (Å²) in [5.74, 6) is -0.578. The van der Waals surface area contributed by atoms with Crippen LogP contribution in [0.1, 0.15) is 33.3 Å². The van der Waals surface area contributed by atoms with Crippen molar-refractivity contribution in [1.82, 2.24) is 5.32 Å². The van der Waals surface area contributed by atoms with Crippen molar-refractivity contribution in [1.29, 1.82) is 0 Å². The number of ether oxygens (including phenoxy) is 1. The van der Waals surface area contributed by atoms with Gasteiger partial charge in [0.05, 0.1) is 0 Å². The number of rotatable bonds is 5. The summed E-state index contributed by atoms with van der Waals surface area (Å²) in [6.45, 7) is 6.66. The minimum Gasteiger partial charge on any atom is -0.444 e. The Morgan fingerprint density at radius 2 is 1.81 bits per heavy atom. The van der Waals surface area contributed by atoms with Crippen LogP contribution < -0.4 is 11.1 Å². The van der Waals surface area contributed by atoms with Crippen molar-refractivity contribution in [3.05, 3.63) is 48.0 Å². The van der Waals surface area contributed by atoms with Gasteiger partial charge in [0.1, 0.15) is 17.5 Å². The number of nitrogens with two attached hydrogens (primary N) is 1. The molecule has 0 aliphatic heterocycles. The van der Waals surface area contributed by atoms with Gasteiger partial charge in [-0.1, -0.05) is 47.6 Å². The topological polar surface area (TPSA) is 103 Å². The molecule has 0 aliphatic carbocycles. The number of nitrogens with one attached hydrogen (secondary N) is 1. The Morgan fingerprint density at radius 3 is 2.48 bits per heavy atom. The molecule has 0 aromatic heterocycles. The van der Waals surface area contributed by atoms with Gasteiger partial charge in [-0.05, 0) is 44.0 Å². The zero-order valence-electron chi connectivity index (χ0n) is 16.0. The molecule has 0 aliphatic rings. The molecule has 0 bridgehead atoms. The van der Waals surface area contributed by atoms with Gasteiger partial charge in [-0.3, -0.25) is 0 Å². The molecule has 2 aromatic carbocycles. The maximum absolute atomic E-state index is 11.9. The Kier molecular flexibility index (Phi) is 6.39. The third-order valence-electron chi connectivity index (χ3n) is 3.54. The fraction of sp³-hybridized carbons (Fsp3) is 0.350. The highest BCUT2D eigenvalue weighted by atomic mass is 16.7. The summed E-state index contributed by atoms with van der Waals surface area (Å²) in [5, 5.41) is 8.26. The van der Waals surface area contributed by atoms with E-state index in [-0.39, 0.29) is 5.84 Å². The van der Waals surface area contributed by atoms with Gasteiger partial charge in [-0.15, -0.1) is 0 Å². The van der Waals surface area contributed by atoms with Crippen LogP contribution in [0.4, 0.5) is 4.79 Å². The van der Waals surface area contributed by atoms with Crippen LogP contribution in [-0.2, 0) is 20.8 Å². The number of amidine groups is 1. The van der Waals surface area contributed by atoms with Gasteiger partial charge in [-0.25, -0.2) is 9.59 Å². The summed E-state index contributed by atoms with van der Waals surface area (Å²) in [7, 11) is 0. The molecule has 7 heteroatoms. The van der Waals surface area contributed by atoms with Crippen molar-refractivity contribution in [3.8, 4) is 0 Å². The van der Waals surface area contributed by atoms with Crippen LogP contribution >= 0.6 is 0 Å². The highest BCUT2D eigenvalue weighted by molar-refractivity contribution is 5.87. The number of alkyl carbamates (subject to hydrolysis) is 1. The fourth-order valence-electron chi connectivity index (χ4n) is 2.32. The molecule has 1 amide bonds. The molecule has 144 valence electrons. The first-order chi connectivity index (χ1) is 12.6. The zero-order chi connectivity index (χ0) is 20.0. The first-order valence-electron chi connectivity index (χ1n) is 8.64. The average Bonchev–Trinajstić information content (AvgIpc) is 2.57. The summed E-state index contributed by atoms with van der Waals surface area (Å²) < 4.78 is 5.08. The highest BCUT2D eigenvalue weighted by Crippen LogP contribution is 2.16. The molecule has 1 atom stereocenters. The molecule has 0 radical (unpaired) electrons. The molecule has 2 aromatic rings. The Hall–Kier alpha value is -3.09. The van der Waals surface area contributed by atoms with Crippen LogP contribution in [-0.4, -0.2) is 29.5 Å². The lowest BCUT2D eigenvalue weighted by atomic mass is 10.1. The van der Waals surface area contributed by atoms with E-state index >= 15 is 0 Å². The summed E-state index contributed by atoms with van der Waals surface area (Å²) in [6, 6.07) is 13.0. The fourth-order valence-corrected chi connectivity index (χ4v) is 2.32. The summed E-state index contributed by atoms with van der Waals surface area (Å²) in [6.07, 6.45) is -0.369. The van der Waals surface area contributed by atoms with E-state index in [1.807, 2.05) is 42.5 Å². The number of carbonyl (C=O) groups is 2. The summed E-state index contributed by atoms with van der Waals surface area (Å²) in [4.78, 5) is 28.4. The van der Waals surface area contributed by atoms with Crippen LogP contribution in [0.3, 0.4) is 0 Å². The lowest BCUT2D eigenvalue weighted by molar-refractivity contribution is -0.145. The van der Waals surface area contributed by atoms with E-state index in [2.05, 4.69) is 10.5 Å². The SMILES string of the molecule is C[C@H](NC(=O)OC(C)(C)C)C(=O)O/N=C(\N)Cc1ccc2ccccc2c1. The van der Waals surface area contributed by atoms with E-state index in [0.29, 0.717) is 6.42 Å². The second kappa shape index (κ2) is 8.53. The molecule has 2 rings (SSSR count). The maximum Gasteiger partial charge on any atom is 0.408 e. The molecular formula is C20H25N3O4. The summed E-state index contributed by atoms with van der Waals surface area (Å²) >= 11 is 0. The molecule has 0 saturated heterocycles. The first kappa shape index (κ1) is 20.2. The molecule has 0 unspecified atom stereocenters. The number of oxime groups is 1. The van der Waals surface area contributed by atoms with E-state index in [1.54, 1.807) is 20.8 Å². The predicted octanol–water partition coefficient (Wildman–Crippen LogP) is 3.11. The van der Waals surface area contributed by atoms with Gasteiger partial charge in [0.25, 0.3) is 0 Å². The second-order valence-electron chi connectivity index (χ2n) is 7.22. The quantitative estimate of drug-likeness (QED) is 0.364. The van der Waals surface area contributed by atoms with Gasteiger partial charge in [0.15, 0.2) is 0 Å². The Balaban J connectivity index is 1.89. The van der Waals surface area contributed by atoms with Crippen LogP contribution in [0.5, 0.6) is 0 Å². The standard InChI is InChI=1S/C20H25N3O4/c1-13(22-19(25)26-20(2,3)4)18(24)27-23-17(21)12-14-9-10-15-7-5-6-8-16(15)11-14/h5-11,13H,12H2,1-4H3,(H2,21,23)(H,22,25)/t13-/m0/s1. The highest BCUT2D eigenvalue weighted by Gasteiger charge is 2.22. The van der Waals surface area contributed by atoms with Crippen LogP contribution in [0.2, 0.25) is 0 Å². The third kappa shape index (κ3) is 6.62. The van der Waals surface area contributed by atoms with Crippen molar-refractivity contribution >= 4 is 28.7 Å². The minimum atomic E-state index is -0.919. The molecular weight excluding hydrogens is 346 g/mol. The zero-order valence-corrected chi connectivity index (χ0v) is 16.0. The number of carbonyl (C=O) groups excluding carboxylic acids is 2. The van der Waals surface area contributed by atoms with E-state index < -0.39 is 23.7 Å². The van der Waals surface area contributed by atoms with Crippen molar-refractivity contribution in [2.24, 2.45) is 10.9 Å². The molecule has 3 N–H and O–H groups in total. The molecule has 7 nitrogen and oxygen atoms in total. The summed E-state index contributed by atoms with van der Waals surface area (Å²) in [5.41, 5.74) is 6.14. The monoisotopic (exact) mass is 371 g/mol. The van der Waals surface area contributed by atoms with Gasteiger partial charge in [0.2, 0.25) is 0 Å². The number of fused-ring (bicyclic) bond motifs is 1. The lowest BCUT2D eigenvalue weighted by Gasteiger charge is -2.20. The average molecular weight is 371 g/mol. The van der Waals surface area contributed by atoms with Gasteiger partial charge < -0.3 is 20.6 Å². The van der Waals surface area contributed by atoms with Crippen molar-refractivity contribution in [3.63, 3.8) is 0 Å². The lowest BCUT2D eigenvalue weighted by Crippen LogP contribution is -2.42. The molecule has 27 heavy (non-hydrogen) atoms. The van der Waals surface area contributed by atoms with Crippen molar-refractivity contribution in [2.45, 2.75) is 45.8 Å². The Labute approximate surface area is 158 Å². The largest absolute Gasteiger partial charge is 0.444 e. The maximum atomic E-state index is 11.9. The Morgan fingerprint density at radius 1 is 1.15 bits per heavy atom. The van der Waals surface area contributed by atoms with Crippen LogP contribution in [0.15, 0.2) is 47.6 Å². The van der Waals surface area contributed by atoms with Crippen molar-refractivity contribution in [2.75, 3.05) is 0 Å². The van der Waals surface area contributed by atoms with E-state index in [0.717, 1.165) is 16.3 Å². The first-order valence-corrected chi connectivity index (χ1v) is 8.64. The Bertz CT molecular complexity index is 856. The van der Waals surface area contributed by atoms with E-state index in [1.165, 1.54) is 6.92 Å². The number of nitrogens with zero attached hydrogens (tertiary/aromatic N) is 1. The second-order valence-corrected chi connectivity index (χ2v) is 7.22. The number of hydrogen-bond acceptors (Lipinski definition) is 5. The van der Waals surface area contributed by atoms with E-state index in [4.69, 9.17) is 15.3 Å². The predicted molar refractivity (Wildman–Crippen MR) is 104 cm³/mol. The van der Waals surface area contributed by atoms with Gasteiger partial charge in [-0.2, -0.15) is 0 Å². The van der Waals surface area contributed by atoms with Crippen molar-refractivity contribution < 1.29 is 19.2 Å². The molecule has 0 heterocycles. The number of benzene rings is 2. The smallest absolute Gasteiger partial charge is 0.408 e. The number of hydrogen-bond donors (Lipinski definition) is 2. The van der Waals surface area contributed by atoms with Gasteiger partial charge >= 0.3 is 12.1 Å². The van der Waals surface area contributed by atoms with Gasteiger partial charge in [0, 0.05) is 6.42 Å². The van der Waals surface area contributed by atoms with Crippen LogP contribution in [0, 0.1) is 0 Å². The molecule has 0 fully saturated rings. The van der Waals surface area contributed by atoms with Crippen LogP contribution in [0.25, 0.3) is 10.8 Å².